The third-order valence-corrected chi connectivity index (χ3v) is 9.70. The molecule has 0 amide bonds. The number of fused-ring (bicyclic) bond motifs is 5. The average Bonchev–Trinajstić information content (AvgIpc) is 2.99. The fourth-order valence-corrected chi connectivity index (χ4v) is 7.83. The smallest absolute Gasteiger partial charge is 0.0543 e. The molecular formula is C27H44O. The van der Waals surface area contributed by atoms with E-state index in [1.54, 1.807) is 11.1 Å². The number of aliphatic hydroxyl groups is 1. The molecule has 1 N–H and O–H groups in total. The summed E-state index contributed by atoms with van der Waals surface area (Å²) in [7, 11) is 0. The second-order valence-electron chi connectivity index (χ2n) is 11.8. The van der Waals surface area contributed by atoms with Crippen LogP contribution in [0.5, 0.6) is 0 Å². The van der Waals surface area contributed by atoms with Gasteiger partial charge in [0.15, 0.2) is 0 Å². The highest BCUT2D eigenvalue weighted by atomic mass is 16.3. The molecule has 0 bridgehead atoms. The lowest BCUT2D eigenvalue weighted by Gasteiger charge is -2.56. The van der Waals surface area contributed by atoms with E-state index in [1.165, 1.54) is 51.4 Å². The van der Waals surface area contributed by atoms with Gasteiger partial charge in [0.05, 0.1) is 6.10 Å². The van der Waals surface area contributed by atoms with Crippen molar-refractivity contribution in [3.63, 3.8) is 0 Å². The molecule has 2 fully saturated rings. The maximum atomic E-state index is 10.2. The van der Waals surface area contributed by atoms with Crippen molar-refractivity contribution >= 4 is 0 Å². The first kappa shape index (κ1) is 20.7. The standard InChI is InChI=1S/C27H44O/c1-18(2)7-6-8-19(3)23-11-12-24-22-10-9-20-17-21(28)13-15-26(20,4)25(22)14-16-27(23,24)5/h10,12,18-21,23,25,28H,6-9,11,13-17H2,1-5H3. The monoisotopic (exact) mass is 384 g/mol. The number of aliphatic hydroxyl groups excluding tert-OH is 1. The maximum absolute atomic E-state index is 10.2. The zero-order valence-electron chi connectivity index (χ0n) is 19.1. The second-order valence-corrected chi connectivity index (χ2v) is 11.8. The van der Waals surface area contributed by atoms with Gasteiger partial charge in [-0.05, 0) is 96.5 Å². The molecule has 1 heteroatoms. The highest BCUT2D eigenvalue weighted by Gasteiger charge is 2.55. The minimum absolute atomic E-state index is 0.0522. The van der Waals surface area contributed by atoms with Gasteiger partial charge in [-0.15, -0.1) is 0 Å². The summed E-state index contributed by atoms with van der Waals surface area (Å²) in [6, 6.07) is 0. The van der Waals surface area contributed by atoms with E-state index >= 15 is 0 Å². The van der Waals surface area contributed by atoms with Crippen LogP contribution in [0.1, 0.15) is 98.8 Å². The quantitative estimate of drug-likeness (QED) is 0.527. The van der Waals surface area contributed by atoms with E-state index in [-0.39, 0.29) is 6.10 Å². The molecule has 0 radical (unpaired) electrons. The van der Waals surface area contributed by atoms with Gasteiger partial charge in [-0.2, -0.15) is 0 Å². The van der Waals surface area contributed by atoms with Gasteiger partial charge in [0.2, 0.25) is 0 Å². The summed E-state index contributed by atoms with van der Waals surface area (Å²) in [5, 5.41) is 10.2. The van der Waals surface area contributed by atoms with Crippen LogP contribution in [0.4, 0.5) is 0 Å². The van der Waals surface area contributed by atoms with Crippen molar-refractivity contribution in [2.75, 3.05) is 0 Å². The Morgan fingerprint density at radius 3 is 2.57 bits per heavy atom. The summed E-state index contributed by atoms with van der Waals surface area (Å²) in [5.41, 5.74) is 4.32. The van der Waals surface area contributed by atoms with Gasteiger partial charge in [0, 0.05) is 0 Å². The molecule has 0 aromatic rings. The van der Waals surface area contributed by atoms with Crippen LogP contribution in [0.15, 0.2) is 23.3 Å². The van der Waals surface area contributed by atoms with Crippen molar-refractivity contribution in [2.24, 2.45) is 40.4 Å². The van der Waals surface area contributed by atoms with E-state index < -0.39 is 0 Å². The van der Waals surface area contributed by atoms with Crippen molar-refractivity contribution in [3.8, 4) is 0 Å². The number of hydrogen-bond donors (Lipinski definition) is 1. The third kappa shape index (κ3) is 3.34. The molecule has 7 atom stereocenters. The highest BCUT2D eigenvalue weighted by molar-refractivity contribution is 5.46. The van der Waals surface area contributed by atoms with Crippen molar-refractivity contribution in [1.29, 1.82) is 0 Å². The zero-order chi connectivity index (χ0) is 20.1. The van der Waals surface area contributed by atoms with Crippen LogP contribution in [-0.4, -0.2) is 11.2 Å². The summed E-state index contributed by atoms with van der Waals surface area (Å²) < 4.78 is 0. The Balaban J connectivity index is 1.51. The Labute approximate surface area is 174 Å². The molecule has 1 nitrogen and oxygen atoms in total. The molecule has 7 unspecified atom stereocenters. The summed E-state index contributed by atoms with van der Waals surface area (Å²) in [6.45, 7) is 12.4. The molecule has 2 saturated carbocycles. The van der Waals surface area contributed by atoms with Crippen molar-refractivity contribution in [3.05, 3.63) is 23.3 Å². The molecule has 0 aliphatic heterocycles. The Bertz CT molecular complexity index is 643. The molecule has 4 rings (SSSR count). The Hall–Kier alpha value is -0.560. The minimum Gasteiger partial charge on any atom is -0.393 e. The van der Waals surface area contributed by atoms with Gasteiger partial charge in [-0.25, -0.2) is 0 Å². The Kier molecular flexibility index (Phi) is 5.62. The molecule has 0 aromatic heterocycles. The molecule has 158 valence electrons. The fraction of sp³-hybridized carbons (Fsp3) is 0.852. The molecule has 4 aliphatic carbocycles. The van der Waals surface area contributed by atoms with Crippen LogP contribution in [0, 0.1) is 40.4 Å². The van der Waals surface area contributed by atoms with Crippen LogP contribution in [0.25, 0.3) is 0 Å². The van der Waals surface area contributed by atoms with Gasteiger partial charge in [0.25, 0.3) is 0 Å². The van der Waals surface area contributed by atoms with E-state index in [4.69, 9.17) is 0 Å². The van der Waals surface area contributed by atoms with Crippen molar-refractivity contribution in [1.82, 2.24) is 0 Å². The molecule has 0 spiro atoms. The molecule has 28 heavy (non-hydrogen) atoms. The molecule has 4 aliphatic rings. The van der Waals surface area contributed by atoms with Crippen LogP contribution in [0.2, 0.25) is 0 Å². The van der Waals surface area contributed by atoms with Gasteiger partial charge in [-0.1, -0.05) is 66.0 Å². The van der Waals surface area contributed by atoms with Crippen LogP contribution in [0.3, 0.4) is 0 Å². The first-order valence-corrected chi connectivity index (χ1v) is 12.3. The Morgan fingerprint density at radius 1 is 1.04 bits per heavy atom. The van der Waals surface area contributed by atoms with Gasteiger partial charge < -0.3 is 5.11 Å². The van der Waals surface area contributed by atoms with E-state index in [9.17, 15) is 5.11 Å². The van der Waals surface area contributed by atoms with Gasteiger partial charge in [0.1, 0.15) is 0 Å². The summed E-state index contributed by atoms with van der Waals surface area (Å²) >= 11 is 0. The minimum atomic E-state index is -0.0522. The normalized spacial score (nSPS) is 43.7. The number of allylic oxidation sites excluding steroid dienone is 4. The largest absolute Gasteiger partial charge is 0.393 e. The van der Waals surface area contributed by atoms with E-state index in [1.807, 2.05) is 0 Å². The maximum Gasteiger partial charge on any atom is 0.0543 e. The first-order chi connectivity index (χ1) is 13.3. The predicted octanol–water partition coefficient (Wildman–Crippen LogP) is 7.31. The van der Waals surface area contributed by atoms with Crippen molar-refractivity contribution in [2.45, 2.75) is 105 Å². The highest BCUT2D eigenvalue weighted by Crippen LogP contribution is 2.65. The van der Waals surface area contributed by atoms with Gasteiger partial charge >= 0.3 is 0 Å². The SMILES string of the molecule is CC(C)CCCC(C)C1CC=C2C3=CCC4CC(O)CCC4(C)C3CCC21C. The van der Waals surface area contributed by atoms with Crippen LogP contribution < -0.4 is 0 Å². The molecule has 0 aromatic carbocycles. The summed E-state index contributed by atoms with van der Waals surface area (Å²) in [6.07, 6.45) is 17.9. The fourth-order valence-electron chi connectivity index (χ4n) is 7.83. The Morgan fingerprint density at radius 2 is 1.82 bits per heavy atom. The van der Waals surface area contributed by atoms with E-state index in [0.717, 1.165) is 36.5 Å². The third-order valence-electron chi connectivity index (χ3n) is 9.70. The summed E-state index contributed by atoms with van der Waals surface area (Å²) in [5.74, 6) is 3.96. The topological polar surface area (TPSA) is 20.2 Å². The van der Waals surface area contributed by atoms with E-state index in [2.05, 4.69) is 46.8 Å². The lowest BCUT2D eigenvalue weighted by Crippen LogP contribution is -2.48. The van der Waals surface area contributed by atoms with Gasteiger partial charge in [-0.3, -0.25) is 0 Å². The lowest BCUT2D eigenvalue weighted by atomic mass is 9.48. The molecule has 0 saturated heterocycles. The predicted molar refractivity (Wildman–Crippen MR) is 119 cm³/mol. The van der Waals surface area contributed by atoms with Crippen LogP contribution in [-0.2, 0) is 0 Å². The number of rotatable bonds is 5. The number of hydrogen-bond acceptors (Lipinski definition) is 1. The molecule has 0 heterocycles. The molecular weight excluding hydrogens is 340 g/mol. The lowest BCUT2D eigenvalue weighted by molar-refractivity contribution is -0.0262. The average molecular weight is 385 g/mol. The second kappa shape index (κ2) is 7.60. The van der Waals surface area contributed by atoms with Crippen molar-refractivity contribution < 1.29 is 5.11 Å². The first-order valence-electron chi connectivity index (χ1n) is 12.3. The summed E-state index contributed by atoms with van der Waals surface area (Å²) in [4.78, 5) is 0. The zero-order valence-corrected chi connectivity index (χ0v) is 19.1. The van der Waals surface area contributed by atoms with E-state index in [0.29, 0.717) is 16.7 Å². The van der Waals surface area contributed by atoms with Crippen LogP contribution >= 0.6 is 0 Å².